The number of halogens is 1. The number of ether oxygens (including phenoxy) is 2. The van der Waals surface area contributed by atoms with E-state index in [9.17, 15) is 4.79 Å². The molecule has 0 aliphatic rings. The first-order valence-corrected chi connectivity index (χ1v) is 7.95. The molecule has 0 atom stereocenters. The normalized spacial score (nSPS) is 10.5. The first-order chi connectivity index (χ1) is 12.1. The van der Waals surface area contributed by atoms with E-state index < -0.39 is 5.97 Å². The molecule has 0 saturated carbocycles. The van der Waals surface area contributed by atoms with E-state index in [2.05, 4.69) is 10.3 Å². The molecule has 0 aliphatic carbocycles. The van der Waals surface area contributed by atoms with Gasteiger partial charge in [-0.1, -0.05) is 47.1 Å². The van der Waals surface area contributed by atoms with Gasteiger partial charge in [-0.15, -0.1) is 5.10 Å². The van der Waals surface area contributed by atoms with E-state index in [1.54, 1.807) is 32.2 Å². The van der Waals surface area contributed by atoms with Gasteiger partial charge in [-0.2, -0.15) is 0 Å². The molecule has 0 N–H and O–H groups in total. The summed E-state index contributed by atoms with van der Waals surface area (Å²) in [6.45, 7) is 1.93. The first-order valence-electron chi connectivity index (χ1n) is 7.57. The van der Waals surface area contributed by atoms with Crippen molar-refractivity contribution >= 4 is 17.6 Å². The highest BCUT2D eigenvalue weighted by Gasteiger charge is 2.19. The van der Waals surface area contributed by atoms with Crippen LogP contribution < -0.4 is 4.74 Å². The number of hydrogen-bond donors (Lipinski definition) is 0. The number of esters is 1. The van der Waals surface area contributed by atoms with Gasteiger partial charge < -0.3 is 9.47 Å². The van der Waals surface area contributed by atoms with Gasteiger partial charge in [-0.25, -0.2) is 9.48 Å². The van der Waals surface area contributed by atoms with Crippen molar-refractivity contribution in [2.45, 2.75) is 13.5 Å². The van der Waals surface area contributed by atoms with E-state index in [1.165, 1.54) is 4.68 Å². The van der Waals surface area contributed by atoms with Crippen LogP contribution in [0.1, 0.15) is 21.7 Å². The average molecular weight is 358 g/mol. The van der Waals surface area contributed by atoms with Crippen LogP contribution >= 0.6 is 11.6 Å². The molecule has 0 saturated heterocycles. The molecule has 0 spiro atoms. The van der Waals surface area contributed by atoms with Gasteiger partial charge in [0.2, 0.25) is 0 Å². The van der Waals surface area contributed by atoms with Crippen LogP contribution in [-0.4, -0.2) is 28.1 Å². The predicted octanol–water partition coefficient (Wildman–Crippen LogP) is 3.59. The lowest BCUT2D eigenvalue weighted by Gasteiger charge is -2.07. The summed E-state index contributed by atoms with van der Waals surface area (Å²) in [4.78, 5) is 12.3. The van der Waals surface area contributed by atoms with E-state index in [1.807, 2.05) is 30.3 Å². The Kier molecular flexibility index (Phi) is 5.00. The van der Waals surface area contributed by atoms with Gasteiger partial charge in [0.05, 0.1) is 23.5 Å². The molecule has 25 heavy (non-hydrogen) atoms. The maximum Gasteiger partial charge on any atom is 0.361 e. The first kappa shape index (κ1) is 17.0. The minimum atomic E-state index is -0.521. The van der Waals surface area contributed by atoms with Gasteiger partial charge in [0.1, 0.15) is 12.4 Å². The number of benzene rings is 2. The smallest absolute Gasteiger partial charge is 0.361 e. The van der Waals surface area contributed by atoms with Gasteiger partial charge in [-0.3, -0.25) is 0 Å². The predicted molar refractivity (Wildman–Crippen MR) is 93.2 cm³/mol. The minimum Gasteiger partial charge on any atom is -0.495 e. The monoisotopic (exact) mass is 357 g/mol. The highest BCUT2D eigenvalue weighted by Crippen LogP contribution is 2.27. The minimum absolute atomic E-state index is 0.169. The van der Waals surface area contributed by atoms with Crippen LogP contribution in [0.4, 0.5) is 0 Å². The fraction of sp³-hybridized carbons (Fsp3) is 0.167. The van der Waals surface area contributed by atoms with Crippen molar-refractivity contribution in [3.8, 4) is 11.4 Å². The summed E-state index contributed by atoms with van der Waals surface area (Å²) >= 11 is 6.14. The largest absolute Gasteiger partial charge is 0.495 e. The molecule has 6 nitrogen and oxygen atoms in total. The molecule has 1 aromatic heterocycles. The zero-order valence-corrected chi connectivity index (χ0v) is 14.5. The Hall–Kier alpha value is -2.86. The summed E-state index contributed by atoms with van der Waals surface area (Å²) in [5.74, 6) is 0.0397. The number of rotatable bonds is 5. The fourth-order valence-electron chi connectivity index (χ4n) is 2.34. The summed E-state index contributed by atoms with van der Waals surface area (Å²) in [7, 11) is 1.54. The van der Waals surface area contributed by atoms with Crippen molar-refractivity contribution in [2.24, 2.45) is 0 Å². The third kappa shape index (κ3) is 3.64. The van der Waals surface area contributed by atoms with Crippen LogP contribution in [0.5, 0.6) is 5.75 Å². The standard InChI is InChI=1S/C18H16ClN3O3/c1-12-17(18(23)25-11-13-6-4-3-5-7-13)20-21-22(12)14-8-9-16(24-2)15(19)10-14/h3-10H,11H2,1-2H3. The Morgan fingerprint density at radius 1 is 1.20 bits per heavy atom. The Morgan fingerprint density at radius 3 is 2.64 bits per heavy atom. The SMILES string of the molecule is COc1ccc(-n2nnc(C(=O)OCc3ccccc3)c2C)cc1Cl. The van der Waals surface area contributed by atoms with E-state index in [0.29, 0.717) is 22.2 Å². The lowest BCUT2D eigenvalue weighted by molar-refractivity contribution is 0.0464. The molecule has 0 aliphatic heterocycles. The lowest BCUT2D eigenvalue weighted by atomic mass is 10.2. The second kappa shape index (κ2) is 7.36. The molecule has 128 valence electrons. The number of carbonyl (C=O) groups excluding carboxylic acids is 1. The molecular formula is C18H16ClN3O3. The number of nitrogens with zero attached hydrogens (tertiary/aromatic N) is 3. The zero-order chi connectivity index (χ0) is 17.8. The van der Waals surface area contributed by atoms with Crippen molar-refractivity contribution < 1.29 is 14.3 Å². The van der Waals surface area contributed by atoms with Crippen molar-refractivity contribution in [2.75, 3.05) is 7.11 Å². The summed E-state index contributed by atoms with van der Waals surface area (Å²) in [6, 6.07) is 14.7. The third-order valence-corrected chi connectivity index (χ3v) is 3.98. The molecule has 2 aromatic carbocycles. The quantitative estimate of drug-likeness (QED) is 0.653. The number of methoxy groups -OCH3 is 1. The van der Waals surface area contributed by atoms with Crippen LogP contribution in [0.2, 0.25) is 5.02 Å². The van der Waals surface area contributed by atoms with Gasteiger partial charge >= 0.3 is 5.97 Å². The zero-order valence-electron chi connectivity index (χ0n) is 13.8. The van der Waals surface area contributed by atoms with Gasteiger partial charge in [0.25, 0.3) is 0 Å². The Labute approximate surface area is 149 Å². The van der Waals surface area contributed by atoms with Crippen molar-refractivity contribution in [1.82, 2.24) is 15.0 Å². The molecule has 7 heteroatoms. The molecule has 0 amide bonds. The summed E-state index contributed by atoms with van der Waals surface area (Å²) in [5.41, 5.74) is 2.32. The van der Waals surface area contributed by atoms with Crippen molar-refractivity contribution in [3.05, 3.63) is 70.5 Å². The fourth-order valence-corrected chi connectivity index (χ4v) is 2.59. The van der Waals surface area contributed by atoms with Crippen LogP contribution in [0.3, 0.4) is 0 Å². The van der Waals surface area contributed by atoms with Crippen LogP contribution in [0.15, 0.2) is 48.5 Å². The van der Waals surface area contributed by atoms with Crippen LogP contribution in [0, 0.1) is 6.92 Å². The van der Waals surface area contributed by atoms with E-state index in [-0.39, 0.29) is 12.3 Å². The third-order valence-electron chi connectivity index (χ3n) is 3.68. The summed E-state index contributed by atoms with van der Waals surface area (Å²) in [5, 5.41) is 8.41. The second-order valence-corrected chi connectivity index (χ2v) is 5.72. The molecule has 0 fully saturated rings. The summed E-state index contributed by atoms with van der Waals surface area (Å²) in [6.07, 6.45) is 0. The highest BCUT2D eigenvalue weighted by molar-refractivity contribution is 6.32. The second-order valence-electron chi connectivity index (χ2n) is 5.32. The van der Waals surface area contributed by atoms with E-state index in [4.69, 9.17) is 21.1 Å². The number of hydrogen-bond acceptors (Lipinski definition) is 5. The molecule has 0 unspecified atom stereocenters. The van der Waals surface area contributed by atoms with E-state index in [0.717, 1.165) is 5.56 Å². The number of carbonyl (C=O) groups is 1. The molecule has 3 rings (SSSR count). The Morgan fingerprint density at radius 2 is 1.96 bits per heavy atom. The topological polar surface area (TPSA) is 66.2 Å². The highest BCUT2D eigenvalue weighted by atomic mass is 35.5. The summed E-state index contributed by atoms with van der Waals surface area (Å²) < 4.78 is 12.0. The Bertz CT molecular complexity index is 894. The lowest BCUT2D eigenvalue weighted by Crippen LogP contribution is -2.08. The van der Waals surface area contributed by atoms with Crippen LogP contribution in [-0.2, 0) is 11.3 Å². The van der Waals surface area contributed by atoms with Crippen molar-refractivity contribution in [1.29, 1.82) is 0 Å². The molecule has 3 aromatic rings. The van der Waals surface area contributed by atoms with E-state index >= 15 is 0 Å². The maximum absolute atomic E-state index is 12.3. The molecule has 0 bridgehead atoms. The van der Waals surface area contributed by atoms with Gasteiger partial charge in [-0.05, 0) is 30.7 Å². The van der Waals surface area contributed by atoms with Gasteiger partial charge in [0.15, 0.2) is 5.69 Å². The Balaban J connectivity index is 1.78. The maximum atomic E-state index is 12.3. The molecule has 1 heterocycles. The number of aromatic nitrogens is 3. The van der Waals surface area contributed by atoms with Gasteiger partial charge in [0, 0.05) is 0 Å². The van der Waals surface area contributed by atoms with Crippen molar-refractivity contribution in [3.63, 3.8) is 0 Å². The molecule has 0 radical (unpaired) electrons. The average Bonchev–Trinajstić information content (AvgIpc) is 3.02. The molecular weight excluding hydrogens is 342 g/mol. The van der Waals surface area contributed by atoms with Crippen LogP contribution in [0.25, 0.3) is 5.69 Å².